The molecule has 0 bridgehead atoms. The lowest BCUT2D eigenvalue weighted by Crippen LogP contribution is -2.44. The molecule has 1 aliphatic heterocycles. The maximum atomic E-state index is 13.1. The normalized spacial score (nSPS) is 15.3. The summed E-state index contributed by atoms with van der Waals surface area (Å²) in [6, 6.07) is 14.4. The highest BCUT2D eigenvalue weighted by Crippen LogP contribution is 2.36. The summed E-state index contributed by atoms with van der Waals surface area (Å²) in [6.45, 7) is 5.85. The lowest BCUT2D eigenvalue weighted by molar-refractivity contribution is 0.0997. The van der Waals surface area contributed by atoms with E-state index >= 15 is 0 Å². The zero-order valence-corrected chi connectivity index (χ0v) is 19.4. The molecule has 1 amide bonds. The van der Waals surface area contributed by atoms with Gasteiger partial charge in [-0.25, -0.2) is 0 Å². The smallest absolute Gasteiger partial charge is 0.384 e. The van der Waals surface area contributed by atoms with E-state index in [4.69, 9.17) is 8.60 Å². The molecule has 0 aliphatic carbocycles. The molecule has 0 radical (unpaired) electrons. The van der Waals surface area contributed by atoms with E-state index in [-0.39, 0.29) is 11.2 Å². The van der Waals surface area contributed by atoms with Gasteiger partial charge in [-0.1, -0.05) is 18.2 Å². The van der Waals surface area contributed by atoms with Crippen molar-refractivity contribution in [3.63, 3.8) is 0 Å². The Morgan fingerprint density at radius 1 is 1.15 bits per heavy atom. The molecular formula is C24H25N4O4S+. The zero-order chi connectivity index (χ0) is 22.9. The molecule has 2 aromatic carbocycles. The third-order valence-electron chi connectivity index (χ3n) is 5.72. The number of nitrogens with zero attached hydrogens (tertiary/aromatic N) is 3. The highest BCUT2D eigenvalue weighted by atomic mass is 32.2. The minimum absolute atomic E-state index is 0.0483. The van der Waals surface area contributed by atoms with Gasteiger partial charge in [0.1, 0.15) is 12.1 Å². The number of hydrogen-bond donors (Lipinski definition) is 1. The first-order valence-corrected chi connectivity index (χ1v) is 12.1. The van der Waals surface area contributed by atoms with Gasteiger partial charge in [0.15, 0.2) is 27.5 Å². The average molecular weight is 466 g/mol. The van der Waals surface area contributed by atoms with E-state index < -0.39 is 16.7 Å². The standard InChI is InChI=1S/C24H24N4O4S/c1-3-31-33-21-10-5-4-8-17(21)25-24(33)26-23(30)20-15-19(29)16-7-6-9-18(22(16)32-20)28-13-11-27(2)12-14-28/h4-10,15H,3,11-14H2,1-2H3/p+1. The number of hydrogen-bond acceptors (Lipinski definition) is 7. The van der Waals surface area contributed by atoms with E-state index in [1.165, 1.54) is 6.07 Å². The van der Waals surface area contributed by atoms with Crippen LogP contribution in [0.5, 0.6) is 0 Å². The van der Waals surface area contributed by atoms with Crippen molar-refractivity contribution in [1.29, 1.82) is 0 Å². The fraction of sp³-hybridized carbons (Fsp3) is 0.292. The van der Waals surface area contributed by atoms with Gasteiger partial charge < -0.3 is 14.2 Å². The summed E-state index contributed by atoms with van der Waals surface area (Å²) < 4.78 is 12.8. The van der Waals surface area contributed by atoms with Crippen LogP contribution in [0.25, 0.3) is 21.2 Å². The summed E-state index contributed by atoms with van der Waals surface area (Å²) in [5.41, 5.74) is 1.77. The molecule has 1 N–H and O–H groups in total. The molecule has 1 saturated heterocycles. The van der Waals surface area contributed by atoms with Crippen LogP contribution in [0.1, 0.15) is 17.5 Å². The van der Waals surface area contributed by atoms with Gasteiger partial charge in [-0.2, -0.15) is 4.98 Å². The number of fused-ring (bicyclic) bond motifs is 2. The summed E-state index contributed by atoms with van der Waals surface area (Å²) in [5.74, 6) is -0.571. The van der Waals surface area contributed by atoms with E-state index in [2.05, 4.69) is 27.1 Å². The molecule has 4 aromatic rings. The third kappa shape index (κ3) is 4.10. The van der Waals surface area contributed by atoms with Gasteiger partial charge in [0, 0.05) is 38.3 Å². The lowest BCUT2D eigenvalue weighted by Gasteiger charge is -2.34. The van der Waals surface area contributed by atoms with Crippen molar-refractivity contribution in [2.24, 2.45) is 0 Å². The van der Waals surface area contributed by atoms with Crippen molar-refractivity contribution in [1.82, 2.24) is 9.88 Å². The van der Waals surface area contributed by atoms with Crippen molar-refractivity contribution in [3.05, 3.63) is 64.5 Å². The Balaban J connectivity index is 1.52. The second-order valence-electron chi connectivity index (χ2n) is 7.93. The quantitative estimate of drug-likeness (QED) is 0.451. The second kappa shape index (κ2) is 8.93. The predicted octanol–water partition coefficient (Wildman–Crippen LogP) is 3.54. The van der Waals surface area contributed by atoms with Gasteiger partial charge in [0.2, 0.25) is 4.70 Å². The molecular weight excluding hydrogens is 440 g/mol. The SMILES string of the molecule is CCO[s+]1c(NC(=O)c2cc(=O)c3cccc(N4CCN(C)CC4)c3o2)nc2ccccc21. The number of rotatable bonds is 5. The molecule has 1 aliphatic rings. The van der Waals surface area contributed by atoms with Crippen LogP contribution >= 0.6 is 10.8 Å². The fourth-order valence-electron chi connectivity index (χ4n) is 4.00. The van der Waals surface area contributed by atoms with Gasteiger partial charge in [-0.05, 0) is 32.2 Å². The van der Waals surface area contributed by atoms with Crippen molar-refractivity contribution in [2.45, 2.75) is 6.92 Å². The molecule has 8 nitrogen and oxygen atoms in total. The average Bonchev–Trinajstić information content (AvgIpc) is 3.16. The van der Waals surface area contributed by atoms with Gasteiger partial charge in [0.25, 0.3) is 5.91 Å². The number of likely N-dealkylation sites (N-methyl/N-ethyl adjacent to an activating group) is 1. The van der Waals surface area contributed by atoms with E-state index in [1.54, 1.807) is 6.07 Å². The molecule has 9 heteroatoms. The number of carbonyl (C=O) groups excluding carboxylic acids is 1. The summed E-state index contributed by atoms with van der Waals surface area (Å²) in [6.07, 6.45) is 0. The van der Waals surface area contributed by atoms with Gasteiger partial charge in [-0.15, -0.1) is 4.18 Å². The van der Waals surface area contributed by atoms with E-state index in [0.717, 1.165) is 42.1 Å². The van der Waals surface area contributed by atoms with Gasteiger partial charge in [0.05, 0.1) is 11.1 Å². The van der Waals surface area contributed by atoms with Crippen molar-refractivity contribution in [3.8, 4) is 0 Å². The first kappa shape index (κ1) is 21.6. The first-order chi connectivity index (χ1) is 16.0. The molecule has 33 heavy (non-hydrogen) atoms. The van der Waals surface area contributed by atoms with Crippen LogP contribution in [0, 0.1) is 0 Å². The Hall–Kier alpha value is -3.27. The molecule has 2 aromatic heterocycles. The Bertz CT molecular complexity index is 1390. The second-order valence-corrected chi connectivity index (χ2v) is 9.53. The number of carbonyl (C=O) groups is 1. The molecule has 1 fully saturated rings. The highest BCUT2D eigenvalue weighted by molar-refractivity contribution is 7.36. The number of para-hydroxylation sites is 2. The zero-order valence-electron chi connectivity index (χ0n) is 18.5. The van der Waals surface area contributed by atoms with Crippen molar-refractivity contribution in [2.75, 3.05) is 50.1 Å². The van der Waals surface area contributed by atoms with Crippen LogP contribution in [0.4, 0.5) is 10.8 Å². The maximum Gasteiger partial charge on any atom is 0.384 e. The van der Waals surface area contributed by atoms with Crippen LogP contribution in [0.15, 0.2) is 57.7 Å². The minimum Gasteiger partial charge on any atom is -0.448 e. The molecule has 0 spiro atoms. The number of aromatic nitrogens is 1. The Kier molecular flexibility index (Phi) is 5.84. The van der Waals surface area contributed by atoms with Crippen molar-refractivity contribution >= 4 is 48.7 Å². The van der Waals surface area contributed by atoms with E-state index in [9.17, 15) is 9.59 Å². The van der Waals surface area contributed by atoms with E-state index in [1.807, 2.05) is 43.3 Å². The summed E-state index contributed by atoms with van der Waals surface area (Å²) >= 11 is 0. The highest BCUT2D eigenvalue weighted by Gasteiger charge is 2.28. The van der Waals surface area contributed by atoms with Crippen LogP contribution < -0.4 is 19.8 Å². The lowest BCUT2D eigenvalue weighted by atomic mass is 10.1. The van der Waals surface area contributed by atoms with Crippen LogP contribution in [0.3, 0.4) is 0 Å². The van der Waals surface area contributed by atoms with Crippen LogP contribution in [-0.4, -0.2) is 55.6 Å². The maximum absolute atomic E-state index is 13.1. The van der Waals surface area contributed by atoms with Crippen LogP contribution in [-0.2, 0) is 0 Å². The Morgan fingerprint density at radius 2 is 1.94 bits per heavy atom. The van der Waals surface area contributed by atoms with E-state index in [0.29, 0.717) is 22.7 Å². The number of benzene rings is 2. The van der Waals surface area contributed by atoms with Gasteiger partial charge in [-0.3, -0.25) is 14.9 Å². The fourth-order valence-corrected chi connectivity index (χ4v) is 5.56. The molecule has 1 unspecified atom stereocenters. The van der Waals surface area contributed by atoms with Crippen LogP contribution in [0.2, 0.25) is 0 Å². The number of nitrogens with one attached hydrogen (secondary N) is 1. The molecule has 1 atom stereocenters. The Labute approximate surface area is 193 Å². The molecule has 3 heterocycles. The molecule has 5 rings (SSSR count). The van der Waals surface area contributed by atoms with Gasteiger partial charge >= 0.3 is 5.13 Å². The number of anilines is 2. The topological polar surface area (TPSA) is 87.9 Å². The minimum atomic E-state index is -0.793. The number of thiazole rings is 1. The first-order valence-electron chi connectivity index (χ1n) is 10.9. The summed E-state index contributed by atoms with van der Waals surface area (Å²) in [5, 5.41) is 3.69. The Morgan fingerprint density at radius 3 is 2.73 bits per heavy atom. The summed E-state index contributed by atoms with van der Waals surface area (Å²) in [4.78, 5) is 35.0. The predicted molar refractivity (Wildman–Crippen MR) is 131 cm³/mol. The summed E-state index contributed by atoms with van der Waals surface area (Å²) in [7, 11) is 1.29. The monoisotopic (exact) mass is 465 g/mol. The molecule has 0 saturated carbocycles. The number of piperazine rings is 1. The largest absolute Gasteiger partial charge is 0.448 e. The van der Waals surface area contributed by atoms with Crippen molar-refractivity contribution < 1.29 is 13.4 Å². The number of amides is 1. The third-order valence-corrected chi connectivity index (χ3v) is 7.48. The molecule has 170 valence electrons.